The number of nitrogens with zero attached hydrogens (tertiary/aromatic N) is 5. The molecule has 3 aromatic rings. The summed E-state index contributed by atoms with van der Waals surface area (Å²) in [7, 11) is 3.83. The maximum absolute atomic E-state index is 10.1. The van der Waals surface area contributed by atoms with Crippen LogP contribution in [0.3, 0.4) is 0 Å². The molecule has 1 aliphatic heterocycles. The van der Waals surface area contributed by atoms with Gasteiger partial charge in [0, 0.05) is 19.3 Å². The summed E-state index contributed by atoms with van der Waals surface area (Å²) in [6, 6.07) is 4.44. The first-order valence-electron chi connectivity index (χ1n) is 10.6. The van der Waals surface area contributed by atoms with Gasteiger partial charge in [-0.2, -0.15) is 10.1 Å². The van der Waals surface area contributed by atoms with E-state index in [1.165, 1.54) is 11.1 Å². The molecule has 8 heteroatoms. The second-order valence-electron chi connectivity index (χ2n) is 8.47. The monoisotopic (exact) mass is 408 g/mol. The van der Waals surface area contributed by atoms with E-state index in [1.54, 1.807) is 19.5 Å². The number of aromatic nitrogens is 4. The highest BCUT2D eigenvalue weighted by molar-refractivity contribution is 5.76. The van der Waals surface area contributed by atoms with Gasteiger partial charge in [-0.3, -0.25) is 0 Å². The van der Waals surface area contributed by atoms with Crippen LogP contribution < -0.4 is 10.1 Å². The number of aliphatic hydroxyl groups is 1. The average Bonchev–Trinajstić information content (AvgIpc) is 3.16. The van der Waals surface area contributed by atoms with Crippen molar-refractivity contribution in [2.75, 3.05) is 26.0 Å². The fourth-order valence-corrected chi connectivity index (χ4v) is 4.64. The van der Waals surface area contributed by atoms with Crippen molar-refractivity contribution >= 4 is 22.7 Å². The third kappa shape index (κ3) is 3.61. The Balaban J connectivity index is 1.47. The smallest absolute Gasteiger partial charge is 0.229 e. The van der Waals surface area contributed by atoms with E-state index in [0.717, 1.165) is 67.7 Å². The number of rotatable bonds is 4. The fourth-order valence-electron chi connectivity index (χ4n) is 4.64. The van der Waals surface area contributed by atoms with Crippen LogP contribution in [0.25, 0.3) is 11.0 Å². The highest BCUT2D eigenvalue weighted by atomic mass is 16.5. The molecule has 0 amide bonds. The molecule has 1 aromatic carbocycles. The van der Waals surface area contributed by atoms with Gasteiger partial charge in [0.05, 0.1) is 36.5 Å². The van der Waals surface area contributed by atoms with Gasteiger partial charge < -0.3 is 20.1 Å². The molecule has 3 heterocycles. The van der Waals surface area contributed by atoms with Crippen LogP contribution in [0.2, 0.25) is 0 Å². The Hall–Kier alpha value is -2.71. The molecule has 0 spiro atoms. The average molecular weight is 409 g/mol. The van der Waals surface area contributed by atoms with Crippen molar-refractivity contribution in [3.05, 3.63) is 35.7 Å². The summed E-state index contributed by atoms with van der Waals surface area (Å²) in [4.78, 5) is 11.6. The molecule has 8 nitrogen and oxygen atoms in total. The Bertz CT molecular complexity index is 1070. The Kier molecular flexibility index (Phi) is 5.04. The van der Waals surface area contributed by atoms with Crippen LogP contribution in [-0.4, -0.2) is 56.6 Å². The largest absolute Gasteiger partial charge is 0.495 e. The summed E-state index contributed by atoms with van der Waals surface area (Å²) in [5.74, 6) is 1.31. The van der Waals surface area contributed by atoms with Gasteiger partial charge in [0.1, 0.15) is 5.75 Å². The molecule has 1 saturated carbocycles. The van der Waals surface area contributed by atoms with E-state index < -0.39 is 0 Å². The van der Waals surface area contributed by atoms with Gasteiger partial charge in [-0.1, -0.05) is 0 Å². The normalized spacial score (nSPS) is 22.1. The lowest BCUT2D eigenvalue weighted by Gasteiger charge is -2.26. The van der Waals surface area contributed by atoms with Gasteiger partial charge in [-0.25, -0.2) is 9.67 Å². The first kappa shape index (κ1) is 19.3. The molecule has 30 heavy (non-hydrogen) atoms. The first-order chi connectivity index (χ1) is 14.6. The molecule has 0 unspecified atom stereocenters. The number of methoxy groups -OCH3 is 1. The lowest BCUT2D eigenvalue weighted by molar-refractivity contribution is 0.101. The highest BCUT2D eigenvalue weighted by Gasteiger charge is 2.24. The topological polar surface area (TPSA) is 88.3 Å². The summed E-state index contributed by atoms with van der Waals surface area (Å²) < 4.78 is 7.58. The lowest BCUT2D eigenvalue weighted by atomic mass is 9.93. The van der Waals surface area contributed by atoms with Crippen molar-refractivity contribution in [2.24, 2.45) is 0 Å². The van der Waals surface area contributed by atoms with Crippen LogP contribution in [0.15, 0.2) is 24.5 Å². The van der Waals surface area contributed by atoms with Crippen LogP contribution in [0, 0.1) is 0 Å². The molecule has 0 bridgehead atoms. The van der Waals surface area contributed by atoms with Crippen molar-refractivity contribution in [1.29, 1.82) is 0 Å². The molecule has 1 fully saturated rings. The van der Waals surface area contributed by atoms with Crippen LogP contribution >= 0.6 is 0 Å². The zero-order valence-corrected chi connectivity index (χ0v) is 17.5. The molecular weight excluding hydrogens is 380 g/mol. The summed E-state index contributed by atoms with van der Waals surface area (Å²) in [6.45, 7) is 1.98. The minimum atomic E-state index is -0.264. The summed E-state index contributed by atoms with van der Waals surface area (Å²) in [6.07, 6.45) is 7.95. The van der Waals surface area contributed by atoms with Gasteiger partial charge in [0.15, 0.2) is 5.65 Å². The zero-order chi connectivity index (χ0) is 20.7. The predicted octanol–water partition coefficient (Wildman–Crippen LogP) is 3.04. The van der Waals surface area contributed by atoms with E-state index in [2.05, 4.69) is 39.5 Å². The number of benzene rings is 1. The molecule has 158 valence electrons. The zero-order valence-electron chi connectivity index (χ0n) is 17.5. The van der Waals surface area contributed by atoms with Gasteiger partial charge in [0.2, 0.25) is 5.95 Å². The van der Waals surface area contributed by atoms with Crippen molar-refractivity contribution < 1.29 is 9.84 Å². The maximum Gasteiger partial charge on any atom is 0.229 e. The minimum absolute atomic E-state index is 0.169. The molecule has 0 saturated heterocycles. The fraction of sp³-hybridized carbons (Fsp3) is 0.500. The van der Waals surface area contributed by atoms with Crippen molar-refractivity contribution in [3.8, 4) is 5.75 Å². The molecule has 0 radical (unpaired) electrons. The molecular formula is C22H28N6O2. The quantitative estimate of drug-likeness (QED) is 0.686. The number of hydrogen-bond acceptors (Lipinski definition) is 7. The van der Waals surface area contributed by atoms with E-state index in [1.807, 2.05) is 4.68 Å². The molecule has 2 aliphatic rings. The second kappa shape index (κ2) is 7.85. The Morgan fingerprint density at radius 1 is 1.20 bits per heavy atom. The number of anilines is 2. The summed E-state index contributed by atoms with van der Waals surface area (Å²) in [5, 5.41) is 18.9. The van der Waals surface area contributed by atoms with Crippen LogP contribution in [-0.2, 0) is 13.0 Å². The standard InChI is InChI=1S/C22H28N6O2/c1-27-7-6-14-9-20(30-2)19(8-15(14)13-27)25-22-23-11-16-12-24-28(21(16)26-22)17-4-3-5-18(29)10-17/h8-9,11-12,17-18,29H,3-7,10,13H2,1-2H3,(H,23,25,26)/t17-,18-/m0/s1. The van der Waals surface area contributed by atoms with Crippen LogP contribution in [0.4, 0.5) is 11.6 Å². The van der Waals surface area contributed by atoms with E-state index in [4.69, 9.17) is 9.72 Å². The maximum atomic E-state index is 10.1. The summed E-state index contributed by atoms with van der Waals surface area (Å²) >= 11 is 0. The SMILES string of the molecule is COc1cc2c(cc1Nc1ncc3cnn([C@H]4CCC[C@H](O)C4)c3n1)CN(C)CC2. The molecule has 2 aromatic heterocycles. The minimum Gasteiger partial charge on any atom is -0.495 e. The lowest BCUT2D eigenvalue weighted by Crippen LogP contribution is -2.26. The van der Waals surface area contributed by atoms with Crippen molar-refractivity contribution in [3.63, 3.8) is 0 Å². The van der Waals surface area contributed by atoms with Crippen LogP contribution in [0.1, 0.15) is 42.9 Å². The third-order valence-electron chi connectivity index (χ3n) is 6.27. The molecule has 1 aliphatic carbocycles. The van der Waals surface area contributed by atoms with E-state index in [9.17, 15) is 5.11 Å². The Morgan fingerprint density at radius 2 is 2.10 bits per heavy atom. The van der Waals surface area contributed by atoms with Crippen molar-refractivity contribution in [2.45, 2.75) is 50.8 Å². The van der Waals surface area contributed by atoms with Gasteiger partial charge in [-0.05, 0) is 62.4 Å². The molecule has 2 atom stereocenters. The predicted molar refractivity (Wildman–Crippen MR) is 115 cm³/mol. The Labute approximate surface area is 175 Å². The molecule has 2 N–H and O–H groups in total. The van der Waals surface area contributed by atoms with E-state index in [-0.39, 0.29) is 12.1 Å². The van der Waals surface area contributed by atoms with E-state index >= 15 is 0 Å². The first-order valence-corrected chi connectivity index (χ1v) is 10.6. The Morgan fingerprint density at radius 3 is 2.93 bits per heavy atom. The van der Waals surface area contributed by atoms with Gasteiger partial charge in [-0.15, -0.1) is 0 Å². The molecule has 5 rings (SSSR count). The van der Waals surface area contributed by atoms with Gasteiger partial charge >= 0.3 is 0 Å². The third-order valence-corrected chi connectivity index (χ3v) is 6.27. The number of aliphatic hydroxyl groups excluding tert-OH is 1. The number of likely N-dealkylation sites (N-methyl/N-ethyl adjacent to an activating group) is 1. The summed E-state index contributed by atoms with van der Waals surface area (Å²) in [5.41, 5.74) is 4.29. The number of nitrogens with one attached hydrogen (secondary N) is 1. The van der Waals surface area contributed by atoms with E-state index in [0.29, 0.717) is 5.95 Å². The highest BCUT2D eigenvalue weighted by Crippen LogP contribution is 2.34. The van der Waals surface area contributed by atoms with Gasteiger partial charge in [0.25, 0.3) is 0 Å². The number of hydrogen-bond donors (Lipinski definition) is 2. The number of fused-ring (bicyclic) bond motifs is 2. The number of ether oxygens (including phenoxy) is 1. The second-order valence-corrected chi connectivity index (χ2v) is 8.47. The van der Waals surface area contributed by atoms with Crippen molar-refractivity contribution in [1.82, 2.24) is 24.6 Å². The van der Waals surface area contributed by atoms with Crippen LogP contribution in [0.5, 0.6) is 5.75 Å².